The van der Waals surface area contributed by atoms with E-state index in [2.05, 4.69) is 5.32 Å². The van der Waals surface area contributed by atoms with E-state index < -0.39 is 4.92 Å². The van der Waals surface area contributed by atoms with E-state index >= 15 is 0 Å². The number of nitrogens with one attached hydrogen (secondary N) is 1. The number of amides is 1. The second-order valence-corrected chi connectivity index (χ2v) is 4.98. The second-order valence-electron chi connectivity index (χ2n) is 3.95. The Balaban J connectivity index is 1.98. The van der Waals surface area contributed by atoms with Crippen molar-refractivity contribution in [2.24, 2.45) is 0 Å². The van der Waals surface area contributed by atoms with Gasteiger partial charge in [-0.1, -0.05) is 18.2 Å². The molecule has 102 valence electrons. The summed E-state index contributed by atoms with van der Waals surface area (Å²) in [6.45, 7) is 0.456. The lowest BCUT2D eigenvalue weighted by Crippen LogP contribution is -2.19. The number of nitro groups is 1. The summed E-state index contributed by atoms with van der Waals surface area (Å²) in [4.78, 5) is 23.0. The summed E-state index contributed by atoms with van der Waals surface area (Å²) in [5, 5.41) is 15.5. The van der Waals surface area contributed by atoms with Gasteiger partial charge < -0.3 is 5.32 Å². The molecule has 0 unspecified atom stereocenters. The minimum Gasteiger partial charge on any atom is -0.348 e. The van der Waals surface area contributed by atoms with E-state index in [4.69, 9.17) is 0 Å². The van der Waals surface area contributed by atoms with Gasteiger partial charge in [0.05, 0.1) is 17.0 Å². The second kappa shape index (κ2) is 6.63. The number of rotatable bonds is 5. The van der Waals surface area contributed by atoms with Crippen molar-refractivity contribution in [3.05, 3.63) is 68.4 Å². The number of benzene rings is 1. The molecule has 1 aromatic heterocycles. The lowest BCUT2D eigenvalue weighted by molar-refractivity contribution is -0.385. The molecule has 0 spiro atoms. The molecule has 0 aliphatic carbocycles. The molecule has 0 aliphatic rings. The highest BCUT2D eigenvalue weighted by Gasteiger charge is 2.09. The van der Waals surface area contributed by atoms with Gasteiger partial charge in [-0.3, -0.25) is 14.9 Å². The smallest absolute Gasteiger partial charge is 0.276 e. The van der Waals surface area contributed by atoms with Gasteiger partial charge in [-0.15, -0.1) is 11.3 Å². The summed E-state index contributed by atoms with van der Waals surface area (Å²) >= 11 is 1.56. The Hall–Kier alpha value is -2.47. The molecule has 20 heavy (non-hydrogen) atoms. The molecule has 1 aromatic carbocycles. The number of nitro benzene ring substituents is 1. The quantitative estimate of drug-likeness (QED) is 0.522. The number of para-hydroxylation sites is 1. The highest BCUT2D eigenvalue weighted by atomic mass is 32.1. The Bertz CT molecular complexity index is 636. The van der Waals surface area contributed by atoms with E-state index in [0.717, 1.165) is 4.88 Å². The first-order chi connectivity index (χ1) is 9.66. The van der Waals surface area contributed by atoms with Crippen LogP contribution in [0.2, 0.25) is 0 Å². The van der Waals surface area contributed by atoms with Gasteiger partial charge in [0.25, 0.3) is 5.69 Å². The van der Waals surface area contributed by atoms with E-state index in [9.17, 15) is 14.9 Å². The molecule has 6 heteroatoms. The number of nitrogens with zero attached hydrogens (tertiary/aromatic N) is 1. The van der Waals surface area contributed by atoms with Crippen LogP contribution in [-0.4, -0.2) is 10.8 Å². The molecule has 5 nitrogen and oxygen atoms in total. The van der Waals surface area contributed by atoms with Crippen molar-refractivity contribution in [1.29, 1.82) is 0 Å². The van der Waals surface area contributed by atoms with Gasteiger partial charge >= 0.3 is 0 Å². The van der Waals surface area contributed by atoms with Crippen LogP contribution in [0.25, 0.3) is 6.08 Å². The zero-order chi connectivity index (χ0) is 14.4. The monoisotopic (exact) mass is 288 g/mol. The Morgan fingerprint density at radius 2 is 2.10 bits per heavy atom. The van der Waals surface area contributed by atoms with Gasteiger partial charge in [0.2, 0.25) is 5.91 Å². The molecule has 0 fully saturated rings. The first-order valence-electron chi connectivity index (χ1n) is 5.88. The first-order valence-corrected chi connectivity index (χ1v) is 6.76. The van der Waals surface area contributed by atoms with Gasteiger partial charge in [-0.05, 0) is 23.6 Å². The van der Waals surface area contributed by atoms with Crippen molar-refractivity contribution in [2.75, 3.05) is 0 Å². The average Bonchev–Trinajstić information content (AvgIpc) is 2.96. The third-order valence-corrected chi connectivity index (χ3v) is 3.44. The maximum absolute atomic E-state index is 11.6. The first kappa shape index (κ1) is 14.0. The maximum Gasteiger partial charge on any atom is 0.276 e. The molecule has 0 saturated heterocycles. The Morgan fingerprint density at radius 3 is 2.80 bits per heavy atom. The van der Waals surface area contributed by atoms with Crippen molar-refractivity contribution in [2.45, 2.75) is 6.54 Å². The van der Waals surface area contributed by atoms with Crippen LogP contribution in [0, 0.1) is 10.1 Å². The van der Waals surface area contributed by atoms with Crippen molar-refractivity contribution in [3.8, 4) is 0 Å². The molecule has 2 aromatic rings. The summed E-state index contributed by atoms with van der Waals surface area (Å²) in [6, 6.07) is 10.1. The molecule has 0 radical (unpaired) electrons. The molecule has 0 aliphatic heterocycles. The topological polar surface area (TPSA) is 72.2 Å². The summed E-state index contributed by atoms with van der Waals surface area (Å²) in [7, 11) is 0. The van der Waals surface area contributed by atoms with Crippen molar-refractivity contribution >= 4 is 29.0 Å². The number of carbonyl (C=O) groups is 1. The fourth-order valence-electron chi connectivity index (χ4n) is 1.61. The SMILES string of the molecule is O=C(/C=C/c1ccccc1[N+](=O)[O-])NCc1cccs1. The van der Waals surface area contributed by atoms with Gasteiger partial charge in [-0.25, -0.2) is 0 Å². The van der Waals surface area contributed by atoms with Crippen LogP contribution in [0.4, 0.5) is 5.69 Å². The molecule has 0 atom stereocenters. The van der Waals surface area contributed by atoms with Crippen LogP contribution in [0.1, 0.15) is 10.4 Å². The van der Waals surface area contributed by atoms with Crippen molar-refractivity contribution < 1.29 is 9.72 Å². The van der Waals surface area contributed by atoms with Gasteiger partial charge in [0.15, 0.2) is 0 Å². The predicted molar refractivity (Wildman–Crippen MR) is 78.3 cm³/mol. The van der Waals surface area contributed by atoms with Crippen LogP contribution < -0.4 is 5.32 Å². The zero-order valence-corrected chi connectivity index (χ0v) is 11.3. The molecule has 1 N–H and O–H groups in total. The summed E-state index contributed by atoms with van der Waals surface area (Å²) in [5.41, 5.74) is 0.388. The van der Waals surface area contributed by atoms with Gasteiger partial charge in [-0.2, -0.15) is 0 Å². The molecule has 1 heterocycles. The molecule has 0 saturated carbocycles. The van der Waals surface area contributed by atoms with E-state index in [-0.39, 0.29) is 11.6 Å². The summed E-state index contributed by atoms with van der Waals surface area (Å²) in [6.07, 6.45) is 2.75. The van der Waals surface area contributed by atoms with Crippen LogP contribution >= 0.6 is 11.3 Å². The minimum absolute atomic E-state index is 0.0187. The number of hydrogen-bond donors (Lipinski definition) is 1. The van der Waals surface area contributed by atoms with Gasteiger partial charge in [0.1, 0.15) is 0 Å². The average molecular weight is 288 g/mol. The molecular formula is C14H12N2O3S. The zero-order valence-electron chi connectivity index (χ0n) is 10.5. The normalized spacial score (nSPS) is 10.6. The van der Waals surface area contributed by atoms with Crippen LogP contribution in [0.5, 0.6) is 0 Å². The van der Waals surface area contributed by atoms with E-state index in [0.29, 0.717) is 12.1 Å². The molecule has 1 amide bonds. The minimum atomic E-state index is -0.469. The standard InChI is InChI=1S/C14H12N2O3S/c17-14(15-10-12-5-3-9-20-12)8-7-11-4-1-2-6-13(11)16(18)19/h1-9H,10H2,(H,15,17)/b8-7+. The Morgan fingerprint density at radius 1 is 1.30 bits per heavy atom. The highest BCUT2D eigenvalue weighted by Crippen LogP contribution is 2.18. The fraction of sp³-hybridized carbons (Fsp3) is 0.0714. The van der Waals surface area contributed by atoms with E-state index in [1.54, 1.807) is 29.5 Å². The van der Waals surface area contributed by atoms with Gasteiger partial charge in [0, 0.05) is 17.0 Å². The highest BCUT2D eigenvalue weighted by molar-refractivity contribution is 7.09. The maximum atomic E-state index is 11.6. The molecule has 0 bridgehead atoms. The number of hydrogen-bond acceptors (Lipinski definition) is 4. The Labute approximate surface area is 119 Å². The fourth-order valence-corrected chi connectivity index (χ4v) is 2.25. The van der Waals surface area contributed by atoms with Crippen molar-refractivity contribution in [3.63, 3.8) is 0 Å². The van der Waals surface area contributed by atoms with Crippen LogP contribution in [-0.2, 0) is 11.3 Å². The van der Waals surface area contributed by atoms with Crippen molar-refractivity contribution in [1.82, 2.24) is 5.32 Å². The summed E-state index contributed by atoms with van der Waals surface area (Å²) < 4.78 is 0. The number of thiophene rings is 1. The predicted octanol–water partition coefficient (Wildman–Crippen LogP) is 2.99. The summed E-state index contributed by atoms with van der Waals surface area (Å²) in [5.74, 6) is -0.281. The molecular weight excluding hydrogens is 276 g/mol. The van der Waals surface area contributed by atoms with E-state index in [1.165, 1.54) is 18.2 Å². The van der Waals surface area contributed by atoms with Crippen LogP contribution in [0.3, 0.4) is 0 Å². The van der Waals surface area contributed by atoms with Crippen LogP contribution in [0.15, 0.2) is 47.9 Å². The molecule has 2 rings (SSSR count). The lowest BCUT2D eigenvalue weighted by atomic mass is 10.1. The lowest BCUT2D eigenvalue weighted by Gasteiger charge is -1.99. The van der Waals surface area contributed by atoms with E-state index in [1.807, 2.05) is 17.5 Å². The third kappa shape index (κ3) is 3.76. The third-order valence-electron chi connectivity index (χ3n) is 2.56. The Kier molecular flexibility index (Phi) is 4.62. The largest absolute Gasteiger partial charge is 0.348 e. The number of carbonyl (C=O) groups excluding carboxylic acids is 1.